The molecule has 0 spiro atoms. The molecular weight excluding hydrogens is 200 g/mol. The van der Waals surface area contributed by atoms with Gasteiger partial charge in [0.15, 0.2) is 0 Å². The highest BCUT2D eigenvalue weighted by Crippen LogP contribution is 2.29. The average Bonchev–Trinajstić information content (AvgIpc) is 2.28. The van der Waals surface area contributed by atoms with Crippen molar-refractivity contribution in [2.24, 2.45) is 11.3 Å². The van der Waals surface area contributed by atoms with Gasteiger partial charge in [-0.2, -0.15) is 0 Å². The Labute approximate surface area is 99.8 Å². The maximum absolute atomic E-state index is 12.1. The standard InChI is InChI=1S/C14H26O2/c1-6-12(11(4)15)9-10-13(16)14(5,7-2)8-3/h12H,6-10H2,1-5H3. The summed E-state index contributed by atoms with van der Waals surface area (Å²) in [4.78, 5) is 23.3. The second-order valence-corrected chi connectivity index (χ2v) is 4.95. The summed E-state index contributed by atoms with van der Waals surface area (Å²) in [7, 11) is 0. The van der Waals surface area contributed by atoms with Gasteiger partial charge in [-0.15, -0.1) is 0 Å². The fourth-order valence-electron chi connectivity index (χ4n) is 1.95. The lowest BCUT2D eigenvalue weighted by Gasteiger charge is -2.25. The fourth-order valence-corrected chi connectivity index (χ4v) is 1.95. The molecule has 0 bridgehead atoms. The first-order valence-corrected chi connectivity index (χ1v) is 6.45. The first kappa shape index (κ1) is 15.3. The van der Waals surface area contributed by atoms with Gasteiger partial charge in [0, 0.05) is 17.8 Å². The van der Waals surface area contributed by atoms with Crippen LogP contribution in [0.1, 0.15) is 66.7 Å². The maximum atomic E-state index is 12.1. The van der Waals surface area contributed by atoms with Crippen LogP contribution >= 0.6 is 0 Å². The third-order valence-corrected chi connectivity index (χ3v) is 4.02. The van der Waals surface area contributed by atoms with Crippen molar-refractivity contribution >= 4 is 11.6 Å². The minimum atomic E-state index is -0.185. The third-order valence-electron chi connectivity index (χ3n) is 4.02. The third kappa shape index (κ3) is 4.07. The number of carbonyl (C=O) groups is 2. The van der Waals surface area contributed by atoms with E-state index in [1.807, 2.05) is 13.8 Å². The van der Waals surface area contributed by atoms with Crippen LogP contribution in [0, 0.1) is 11.3 Å². The lowest BCUT2D eigenvalue weighted by atomic mass is 9.77. The van der Waals surface area contributed by atoms with E-state index in [1.165, 1.54) is 0 Å². The Kier molecular flexibility index (Phi) is 6.54. The smallest absolute Gasteiger partial charge is 0.138 e. The highest BCUT2D eigenvalue weighted by molar-refractivity contribution is 5.85. The number of hydrogen-bond acceptors (Lipinski definition) is 2. The van der Waals surface area contributed by atoms with E-state index >= 15 is 0 Å². The molecule has 0 N–H and O–H groups in total. The summed E-state index contributed by atoms with van der Waals surface area (Å²) in [6.07, 6.45) is 3.90. The molecule has 0 aliphatic carbocycles. The quantitative estimate of drug-likeness (QED) is 0.631. The summed E-state index contributed by atoms with van der Waals surface area (Å²) in [6.45, 7) is 9.78. The molecule has 0 fully saturated rings. The van der Waals surface area contributed by atoms with Gasteiger partial charge in [0.05, 0.1) is 0 Å². The van der Waals surface area contributed by atoms with Gasteiger partial charge >= 0.3 is 0 Å². The Hall–Kier alpha value is -0.660. The Balaban J connectivity index is 4.30. The minimum absolute atomic E-state index is 0.0712. The van der Waals surface area contributed by atoms with Gasteiger partial charge in [-0.1, -0.05) is 27.7 Å². The van der Waals surface area contributed by atoms with Crippen molar-refractivity contribution in [1.82, 2.24) is 0 Å². The molecule has 0 aromatic heterocycles. The Morgan fingerprint density at radius 2 is 1.62 bits per heavy atom. The molecule has 2 nitrogen and oxygen atoms in total. The van der Waals surface area contributed by atoms with Crippen LogP contribution in [0.2, 0.25) is 0 Å². The van der Waals surface area contributed by atoms with Gasteiger partial charge in [0.25, 0.3) is 0 Å². The SMILES string of the molecule is CCC(CCC(=O)C(C)(CC)CC)C(C)=O. The predicted octanol–water partition coefficient (Wildman–Crippen LogP) is 3.78. The lowest BCUT2D eigenvalue weighted by molar-refractivity contribution is -0.129. The number of rotatable bonds is 8. The summed E-state index contributed by atoms with van der Waals surface area (Å²) in [5, 5.41) is 0. The van der Waals surface area contributed by atoms with E-state index in [0.717, 1.165) is 25.7 Å². The van der Waals surface area contributed by atoms with Gasteiger partial charge in [-0.3, -0.25) is 9.59 Å². The summed E-state index contributed by atoms with van der Waals surface area (Å²) >= 11 is 0. The molecule has 0 radical (unpaired) electrons. The first-order valence-electron chi connectivity index (χ1n) is 6.45. The van der Waals surface area contributed by atoms with Crippen molar-refractivity contribution < 1.29 is 9.59 Å². The van der Waals surface area contributed by atoms with Gasteiger partial charge < -0.3 is 0 Å². The van der Waals surface area contributed by atoms with E-state index in [2.05, 4.69) is 13.8 Å². The van der Waals surface area contributed by atoms with Crippen LogP contribution in [0.5, 0.6) is 0 Å². The molecule has 2 heteroatoms. The first-order chi connectivity index (χ1) is 7.41. The zero-order valence-corrected chi connectivity index (χ0v) is 11.4. The van der Waals surface area contributed by atoms with Crippen LogP contribution in [0.3, 0.4) is 0 Å². The molecule has 0 rings (SSSR count). The molecule has 0 saturated carbocycles. The summed E-state index contributed by atoms with van der Waals surface area (Å²) in [5.41, 5.74) is -0.185. The van der Waals surface area contributed by atoms with Crippen LogP contribution < -0.4 is 0 Å². The van der Waals surface area contributed by atoms with Crippen LogP contribution in [0.15, 0.2) is 0 Å². The predicted molar refractivity (Wildman–Crippen MR) is 67.4 cm³/mol. The van der Waals surface area contributed by atoms with E-state index in [-0.39, 0.29) is 17.1 Å². The van der Waals surface area contributed by atoms with E-state index in [0.29, 0.717) is 12.2 Å². The molecule has 0 aromatic carbocycles. The van der Waals surface area contributed by atoms with Gasteiger partial charge in [-0.05, 0) is 32.6 Å². The number of hydrogen-bond donors (Lipinski definition) is 0. The molecule has 0 saturated heterocycles. The molecule has 0 aliphatic heterocycles. The van der Waals surface area contributed by atoms with Crippen molar-refractivity contribution in [3.05, 3.63) is 0 Å². The van der Waals surface area contributed by atoms with Gasteiger partial charge in [0.1, 0.15) is 11.6 Å². The molecule has 0 aliphatic rings. The highest BCUT2D eigenvalue weighted by Gasteiger charge is 2.29. The monoisotopic (exact) mass is 226 g/mol. The van der Waals surface area contributed by atoms with Crippen LogP contribution in [0.4, 0.5) is 0 Å². The highest BCUT2D eigenvalue weighted by atomic mass is 16.1. The Morgan fingerprint density at radius 1 is 1.12 bits per heavy atom. The van der Waals surface area contributed by atoms with Crippen molar-refractivity contribution in [2.45, 2.75) is 66.7 Å². The van der Waals surface area contributed by atoms with Crippen molar-refractivity contribution in [2.75, 3.05) is 0 Å². The van der Waals surface area contributed by atoms with Crippen molar-refractivity contribution in [1.29, 1.82) is 0 Å². The topological polar surface area (TPSA) is 34.1 Å². The molecular formula is C14H26O2. The maximum Gasteiger partial charge on any atom is 0.138 e. The lowest BCUT2D eigenvalue weighted by Crippen LogP contribution is -2.27. The molecule has 0 amide bonds. The van der Waals surface area contributed by atoms with E-state index < -0.39 is 0 Å². The van der Waals surface area contributed by atoms with Crippen LogP contribution in [-0.2, 0) is 9.59 Å². The van der Waals surface area contributed by atoms with Crippen molar-refractivity contribution in [3.63, 3.8) is 0 Å². The normalized spacial score (nSPS) is 13.6. The van der Waals surface area contributed by atoms with E-state index in [1.54, 1.807) is 6.92 Å². The van der Waals surface area contributed by atoms with Gasteiger partial charge in [0.2, 0.25) is 0 Å². The number of ketones is 2. The number of carbonyl (C=O) groups excluding carboxylic acids is 2. The van der Waals surface area contributed by atoms with E-state index in [4.69, 9.17) is 0 Å². The number of Topliss-reactive ketones (excluding diaryl/α,β-unsaturated/α-hetero) is 2. The Bertz CT molecular complexity index is 239. The molecule has 0 aromatic rings. The van der Waals surface area contributed by atoms with Crippen LogP contribution in [0.25, 0.3) is 0 Å². The Morgan fingerprint density at radius 3 is 1.94 bits per heavy atom. The molecule has 1 unspecified atom stereocenters. The summed E-state index contributed by atoms with van der Waals surface area (Å²) < 4.78 is 0. The average molecular weight is 226 g/mol. The molecule has 16 heavy (non-hydrogen) atoms. The molecule has 0 heterocycles. The second-order valence-electron chi connectivity index (χ2n) is 4.95. The van der Waals surface area contributed by atoms with Crippen molar-refractivity contribution in [3.8, 4) is 0 Å². The molecule has 1 atom stereocenters. The summed E-state index contributed by atoms with van der Waals surface area (Å²) in [6, 6.07) is 0. The van der Waals surface area contributed by atoms with E-state index in [9.17, 15) is 9.59 Å². The van der Waals surface area contributed by atoms with Crippen LogP contribution in [-0.4, -0.2) is 11.6 Å². The van der Waals surface area contributed by atoms with Gasteiger partial charge in [-0.25, -0.2) is 0 Å². The zero-order valence-electron chi connectivity index (χ0n) is 11.4. The second kappa shape index (κ2) is 6.82. The minimum Gasteiger partial charge on any atom is -0.300 e. The summed E-state index contributed by atoms with van der Waals surface area (Å²) in [5.74, 6) is 0.601. The molecule has 94 valence electrons. The fraction of sp³-hybridized carbons (Fsp3) is 0.857. The zero-order chi connectivity index (χ0) is 12.8. The largest absolute Gasteiger partial charge is 0.300 e.